The van der Waals surface area contributed by atoms with Crippen molar-refractivity contribution in [2.45, 2.75) is 18.9 Å². The minimum Gasteiger partial charge on any atom is -0.376 e. The number of hydrogen-bond donors (Lipinski definition) is 2. The van der Waals surface area contributed by atoms with Crippen molar-refractivity contribution in [2.24, 2.45) is 0 Å². The van der Waals surface area contributed by atoms with Gasteiger partial charge in [0.1, 0.15) is 11.0 Å². The first-order valence-corrected chi connectivity index (χ1v) is 5.27. The van der Waals surface area contributed by atoms with Gasteiger partial charge in [0.2, 0.25) is 5.95 Å². The van der Waals surface area contributed by atoms with E-state index in [2.05, 4.69) is 15.3 Å². The van der Waals surface area contributed by atoms with Crippen LogP contribution in [0.2, 0.25) is 5.15 Å². The number of nitrogens with one attached hydrogen (secondary N) is 1. The quantitative estimate of drug-likeness (QED) is 0.763. The number of halogens is 1. The van der Waals surface area contributed by atoms with Crippen molar-refractivity contribution < 1.29 is 4.74 Å². The summed E-state index contributed by atoms with van der Waals surface area (Å²) in [6.45, 7) is 1.58. The summed E-state index contributed by atoms with van der Waals surface area (Å²) in [5.41, 5.74) is 5.47. The van der Waals surface area contributed by atoms with Crippen LogP contribution in [0.15, 0.2) is 6.07 Å². The van der Waals surface area contributed by atoms with E-state index in [1.807, 2.05) is 0 Å². The van der Waals surface area contributed by atoms with Crippen molar-refractivity contribution in [2.75, 3.05) is 24.2 Å². The van der Waals surface area contributed by atoms with Gasteiger partial charge in [0.15, 0.2) is 0 Å². The zero-order valence-corrected chi connectivity index (χ0v) is 9.00. The first-order chi connectivity index (χ1) is 7.24. The van der Waals surface area contributed by atoms with Crippen LogP contribution in [0.25, 0.3) is 0 Å². The Morgan fingerprint density at radius 2 is 2.47 bits per heavy atom. The molecule has 0 saturated carbocycles. The highest BCUT2D eigenvalue weighted by Gasteiger charge is 2.15. The molecule has 3 N–H and O–H groups in total. The number of ether oxygens (including phenoxy) is 1. The fraction of sp³-hybridized carbons (Fsp3) is 0.556. The highest BCUT2D eigenvalue weighted by atomic mass is 35.5. The molecule has 1 aromatic heterocycles. The van der Waals surface area contributed by atoms with Gasteiger partial charge < -0.3 is 15.8 Å². The van der Waals surface area contributed by atoms with Crippen molar-refractivity contribution in [1.29, 1.82) is 0 Å². The monoisotopic (exact) mass is 228 g/mol. The van der Waals surface area contributed by atoms with Gasteiger partial charge in [-0.05, 0) is 12.8 Å². The van der Waals surface area contributed by atoms with E-state index in [-0.39, 0.29) is 12.1 Å². The second kappa shape index (κ2) is 4.63. The molecule has 5 nitrogen and oxygen atoms in total. The van der Waals surface area contributed by atoms with Crippen LogP contribution in [-0.4, -0.2) is 29.2 Å². The number of aromatic nitrogens is 2. The lowest BCUT2D eigenvalue weighted by Gasteiger charge is -2.11. The molecule has 0 spiro atoms. The minimum atomic E-state index is 0.178. The van der Waals surface area contributed by atoms with Crippen LogP contribution in [0, 0.1) is 0 Å². The maximum Gasteiger partial charge on any atom is 0.223 e. The SMILES string of the molecule is Nc1nc(Cl)cc(NCC2CCCO2)n1. The lowest BCUT2D eigenvalue weighted by atomic mass is 10.2. The molecule has 2 rings (SSSR count). The van der Waals surface area contributed by atoms with Crippen LogP contribution in [0.4, 0.5) is 11.8 Å². The summed E-state index contributed by atoms with van der Waals surface area (Å²) in [6.07, 6.45) is 2.47. The van der Waals surface area contributed by atoms with Crippen molar-refractivity contribution in [3.8, 4) is 0 Å². The second-order valence-electron chi connectivity index (χ2n) is 3.45. The Bertz CT molecular complexity index is 321. The number of nitrogens with zero attached hydrogens (tertiary/aromatic N) is 2. The average Bonchev–Trinajstić information content (AvgIpc) is 2.65. The normalized spacial score (nSPS) is 20.5. The minimum absolute atomic E-state index is 0.178. The molecule has 0 aromatic carbocycles. The third-order valence-electron chi connectivity index (χ3n) is 2.25. The molecule has 82 valence electrons. The van der Waals surface area contributed by atoms with Crippen molar-refractivity contribution in [1.82, 2.24) is 9.97 Å². The van der Waals surface area contributed by atoms with Crippen LogP contribution < -0.4 is 11.1 Å². The summed E-state index contributed by atoms with van der Waals surface area (Å²) >= 11 is 5.74. The smallest absolute Gasteiger partial charge is 0.223 e. The standard InChI is InChI=1S/C9H13ClN4O/c10-7-4-8(14-9(11)13-7)12-5-6-2-1-3-15-6/h4,6H,1-3,5H2,(H3,11,12,13,14). The van der Waals surface area contributed by atoms with E-state index < -0.39 is 0 Å². The fourth-order valence-electron chi connectivity index (χ4n) is 1.55. The third-order valence-corrected chi connectivity index (χ3v) is 2.44. The zero-order valence-electron chi connectivity index (χ0n) is 8.24. The molecule has 1 fully saturated rings. The summed E-state index contributed by atoms with van der Waals surface area (Å²) in [4.78, 5) is 7.79. The van der Waals surface area contributed by atoms with Gasteiger partial charge in [-0.25, -0.2) is 4.98 Å². The van der Waals surface area contributed by atoms with Crippen LogP contribution in [-0.2, 0) is 4.74 Å². The number of hydrogen-bond acceptors (Lipinski definition) is 5. The lowest BCUT2D eigenvalue weighted by Crippen LogP contribution is -2.19. The third kappa shape index (κ3) is 2.94. The molecule has 1 aliphatic heterocycles. The summed E-state index contributed by atoms with van der Waals surface area (Å²) in [7, 11) is 0. The molecular weight excluding hydrogens is 216 g/mol. The predicted molar refractivity (Wildman–Crippen MR) is 58.9 cm³/mol. The molecule has 0 radical (unpaired) electrons. The molecule has 15 heavy (non-hydrogen) atoms. The van der Waals surface area contributed by atoms with Crippen LogP contribution in [0.5, 0.6) is 0 Å². The Balaban J connectivity index is 1.92. The fourth-order valence-corrected chi connectivity index (χ4v) is 1.74. The van der Waals surface area contributed by atoms with Crippen molar-refractivity contribution in [3.05, 3.63) is 11.2 Å². The van der Waals surface area contributed by atoms with E-state index in [0.717, 1.165) is 26.0 Å². The van der Waals surface area contributed by atoms with Crippen molar-refractivity contribution in [3.63, 3.8) is 0 Å². The number of anilines is 2. The maximum atomic E-state index is 5.74. The summed E-state index contributed by atoms with van der Waals surface area (Å²) < 4.78 is 5.47. The highest BCUT2D eigenvalue weighted by molar-refractivity contribution is 6.29. The molecule has 1 saturated heterocycles. The zero-order chi connectivity index (χ0) is 10.7. The molecule has 6 heteroatoms. The summed E-state index contributed by atoms with van der Waals surface area (Å²) in [5.74, 6) is 0.820. The van der Waals surface area contributed by atoms with Gasteiger partial charge in [-0.2, -0.15) is 4.98 Å². The van der Waals surface area contributed by atoms with Gasteiger partial charge in [-0.1, -0.05) is 11.6 Å². The van der Waals surface area contributed by atoms with Gasteiger partial charge in [0.05, 0.1) is 6.10 Å². The highest BCUT2D eigenvalue weighted by Crippen LogP contribution is 2.15. The van der Waals surface area contributed by atoms with Gasteiger partial charge >= 0.3 is 0 Å². The van der Waals surface area contributed by atoms with E-state index in [1.165, 1.54) is 0 Å². The maximum absolute atomic E-state index is 5.74. The molecule has 0 aliphatic carbocycles. The van der Waals surface area contributed by atoms with E-state index in [0.29, 0.717) is 11.0 Å². The number of nitrogens with two attached hydrogens (primary N) is 1. The van der Waals surface area contributed by atoms with E-state index in [4.69, 9.17) is 22.1 Å². The van der Waals surface area contributed by atoms with E-state index in [9.17, 15) is 0 Å². The average molecular weight is 229 g/mol. The topological polar surface area (TPSA) is 73.1 Å². The van der Waals surface area contributed by atoms with Gasteiger partial charge in [0, 0.05) is 19.2 Å². The van der Waals surface area contributed by atoms with E-state index >= 15 is 0 Å². The van der Waals surface area contributed by atoms with Gasteiger partial charge in [-0.15, -0.1) is 0 Å². The van der Waals surface area contributed by atoms with Crippen LogP contribution in [0.1, 0.15) is 12.8 Å². The molecule has 1 atom stereocenters. The van der Waals surface area contributed by atoms with Gasteiger partial charge in [0.25, 0.3) is 0 Å². The Hall–Kier alpha value is -1.07. The molecule has 0 bridgehead atoms. The van der Waals surface area contributed by atoms with Crippen molar-refractivity contribution >= 4 is 23.4 Å². The summed E-state index contributed by atoms with van der Waals surface area (Å²) in [5, 5.41) is 3.47. The first kappa shape index (κ1) is 10.4. The Labute approximate surface area is 93.0 Å². The molecule has 1 aliphatic rings. The largest absolute Gasteiger partial charge is 0.376 e. The molecule has 1 aromatic rings. The molecule has 1 unspecified atom stereocenters. The molecule has 0 amide bonds. The van der Waals surface area contributed by atoms with E-state index in [1.54, 1.807) is 6.07 Å². The Kier molecular flexibility index (Phi) is 3.23. The second-order valence-corrected chi connectivity index (χ2v) is 3.84. The molecule has 2 heterocycles. The van der Waals surface area contributed by atoms with Crippen LogP contribution >= 0.6 is 11.6 Å². The predicted octanol–water partition coefficient (Wildman–Crippen LogP) is 1.30. The summed E-state index contributed by atoms with van der Waals surface area (Å²) in [6, 6.07) is 1.65. The number of rotatable bonds is 3. The Morgan fingerprint density at radius 3 is 3.13 bits per heavy atom. The van der Waals surface area contributed by atoms with Gasteiger partial charge in [-0.3, -0.25) is 0 Å². The first-order valence-electron chi connectivity index (χ1n) is 4.89. The Morgan fingerprint density at radius 1 is 1.60 bits per heavy atom. The number of nitrogen functional groups attached to an aromatic ring is 1. The lowest BCUT2D eigenvalue weighted by molar-refractivity contribution is 0.120. The van der Waals surface area contributed by atoms with Crippen LogP contribution in [0.3, 0.4) is 0 Å². The molecular formula is C9H13ClN4O.